The fourth-order valence-corrected chi connectivity index (χ4v) is 3.47. The first-order chi connectivity index (χ1) is 13.7. The van der Waals surface area contributed by atoms with Gasteiger partial charge in [0.2, 0.25) is 11.9 Å². The molecule has 1 saturated heterocycles. The van der Waals surface area contributed by atoms with Crippen molar-refractivity contribution >= 4 is 34.5 Å². The third-order valence-electron chi connectivity index (χ3n) is 4.95. The van der Waals surface area contributed by atoms with Crippen LogP contribution in [0.15, 0.2) is 42.6 Å². The predicted octanol–water partition coefficient (Wildman–Crippen LogP) is 1.70. The van der Waals surface area contributed by atoms with Crippen LogP contribution in [-0.2, 0) is 11.8 Å². The van der Waals surface area contributed by atoms with Crippen LogP contribution in [0, 0.1) is 0 Å². The fraction of sp³-hybridized carbons (Fsp3) is 0.263. The molecule has 9 heteroatoms. The minimum absolute atomic E-state index is 0.251. The van der Waals surface area contributed by atoms with Crippen molar-refractivity contribution in [3.05, 3.63) is 48.2 Å². The number of fused-ring (bicyclic) bond motifs is 2. The van der Waals surface area contributed by atoms with Crippen molar-refractivity contribution in [3.63, 3.8) is 0 Å². The molecule has 0 aliphatic carbocycles. The number of carbonyl (C=O) groups is 1. The van der Waals surface area contributed by atoms with Crippen LogP contribution in [0.3, 0.4) is 0 Å². The van der Waals surface area contributed by atoms with Gasteiger partial charge in [-0.05, 0) is 30.3 Å². The summed E-state index contributed by atoms with van der Waals surface area (Å²) in [5.74, 6) is 1.02. The summed E-state index contributed by atoms with van der Waals surface area (Å²) >= 11 is 0. The molecule has 5 rings (SSSR count). The second-order valence-electron chi connectivity index (χ2n) is 6.68. The lowest BCUT2D eigenvalue weighted by Gasteiger charge is -2.27. The molecule has 1 aliphatic heterocycles. The number of rotatable bonds is 3. The first-order valence-electron chi connectivity index (χ1n) is 9.11. The molecule has 0 atom stereocenters. The van der Waals surface area contributed by atoms with E-state index in [2.05, 4.69) is 20.4 Å². The van der Waals surface area contributed by atoms with Gasteiger partial charge in [-0.3, -0.25) is 14.5 Å². The quantitative estimate of drug-likeness (QED) is 0.585. The standard InChI is InChI=1S/C19H19N7O2/c1-24-15-6-5-13(12-14(15)20-19(24)25-8-10-28-11-9-25)17(27)21-18-23-22-16-4-2-3-7-26(16)18/h2-7,12H,8-11H2,1H3,(H,21,23,27). The van der Waals surface area contributed by atoms with Crippen LogP contribution in [0.5, 0.6) is 0 Å². The molecule has 0 saturated carbocycles. The van der Waals surface area contributed by atoms with Crippen molar-refractivity contribution in [2.75, 3.05) is 36.5 Å². The fourth-order valence-electron chi connectivity index (χ4n) is 3.47. The summed E-state index contributed by atoms with van der Waals surface area (Å²) < 4.78 is 9.20. The van der Waals surface area contributed by atoms with E-state index in [4.69, 9.17) is 9.72 Å². The Balaban J connectivity index is 1.45. The van der Waals surface area contributed by atoms with Crippen LogP contribution >= 0.6 is 0 Å². The normalized spacial score (nSPS) is 14.7. The summed E-state index contributed by atoms with van der Waals surface area (Å²) in [4.78, 5) is 19.7. The van der Waals surface area contributed by atoms with Gasteiger partial charge in [0.15, 0.2) is 5.65 Å². The van der Waals surface area contributed by atoms with Crippen molar-refractivity contribution < 1.29 is 9.53 Å². The molecule has 0 bridgehead atoms. The van der Waals surface area contributed by atoms with E-state index in [0.717, 1.165) is 30.1 Å². The number of anilines is 2. The number of aromatic nitrogens is 5. The number of amides is 1. The lowest BCUT2D eigenvalue weighted by atomic mass is 10.2. The zero-order valence-corrected chi connectivity index (χ0v) is 15.4. The number of imidazole rings is 1. The molecule has 28 heavy (non-hydrogen) atoms. The Morgan fingerprint density at radius 1 is 1.14 bits per heavy atom. The summed E-state index contributed by atoms with van der Waals surface area (Å²) in [7, 11) is 1.99. The molecule has 1 amide bonds. The molecular weight excluding hydrogens is 358 g/mol. The number of nitrogens with one attached hydrogen (secondary N) is 1. The van der Waals surface area contributed by atoms with E-state index in [1.54, 1.807) is 16.5 Å². The third kappa shape index (κ3) is 2.76. The van der Waals surface area contributed by atoms with E-state index >= 15 is 0 Å². The summed E-state index contributed by atoms with van der Waals surface area (Å²) in [5, 5.41) is 10.9. The number of carbonyl (C=O) groups excluding carboxylic acids is 1. The predicted molar refractivity (Wildman–Crippen MR) is 105 cm³/mol. The van der Waals surface area contributed by atoms with Crippen molar-refractivity contribution in [2.45, 2.75) is 0 Å². The lowest BCUT2D eigenvalue weighted by Crippen LogP contribution is -2.37. The van der Waals surface area contributed by atoms with Crippen LogP contribution in [0.1, 0.15) is 10.4 Å². The van der Waals surface area contributed by atoms with Crippen molar-refractivity contribution in [1.29, 1.82) is 0 Å². The first-order valence-corrected chi connectivity index (χ1v) is 9.11. The Kier molecular flexibility index (Phi) is 3.94. The summed E-state index contributed by atoms with van der Waals surface area (Å²) in [5.41, 5.74) is 2.95. The molecule has 0 radical (unpaired) electrons. The second kappa shape index (κ2) is 6.61. The summed E-state index contributed by atoms with van der Waals surface area (Å²) in [6.45, 7) is 3.02. The van der Waals surface area contributed by atoms with Crippen LogP contribution in [-0.4, -0.2) is 56.4 Å². The largest absolute Gasteiger partial charge is 0.378 e. The number of hydrogen-bond acceptors (Lipinski definition) is 6. The summed E-state index contributed by atoms with van der Waals surface area (Å²) in [6, 6.07) is 11.1. The Bertz CT molecular complexity index is 1170. The highest BCUT2D eigenvalue weighted by Gasteiger charge is 2.19. The second-order valence-corrected chi connectivity index (χ2v) is 6.68. The molecule has 0 unspecified atom stereocenters. The molecule has 4 aromatic rings. The molecule has 1 aliphatic rings. The van der Waals surface area contributed by atoms with Crippen LogP contribution in [0.4, 0.5) is 11.9 Å². The molecule has 1 N–H and O–H groups in total. The van der Waals surface area contributed by atoms with E-state index in [9.17, 15) is 4.79 Å². The van der Waals surface area contributed by atoms with Gasteiger partial charge in [0.25, 0.3) is 5.91 Å². The van der Waals surface area contributed by atoms with E-state index in [-0.39, 0.29) is 5.91 Å². The number of pyridine rings is 1. The van der Waals surface area contributed by atoms with Gasteiger partial charge in [0, 0.05) is 31.9 Å². The highest BCUT2D eigenvalue weighted by Crippen LogP contribution is 2.23. The molecule has 3 aromatic heterocycles. The van der Waals surface area contributed by atoms with Gasteiger partial charge in [0.05, 0.1) is 24.2 Å². The average molecular weight is 377 g/mol. The zero-order valence-electron chi connectivity index (χ0n) is 15.4. The highest BCUT2D eigenvalue weighted by molar-refractivity contribution is 6.05. The molecule has 4 heterocycles. The minimum atomic E-state index is -0.251. The van der Waals surface area contributed by atoms with Crippen LogP contribution < -0.4 is 10.2 Å². The molecular formula is C19H19N7O2. The van der Waals surface area contributed by atoms with Gasteiger partial charge in [-0.25, -0.2) is 4.98 Å². The number of benzene rings is 1. The van der Waals surface area contributed by atoms with Gasteiger partial charge in [-0.15, -0.1) is 10.2 Å². The van der Waals surface area contributed by atoms with Crippen LogP contribution in [0.2, 0.25) is 0 Å². The number of morpholine rings is 1. The Labute approximate surface area is 160 Å². The van der Waals surface area contributed by atoms with Crippen molar-refractivity contribution in [1.82, 2.24) is 24.1 Å². The van der Waals surface area contributed by atoms with E-state index in [0.29, 0.717) is 30.4 Å². The lowest BCUT2D eigenvalue weighted by molar-refractivity contribution is 0.102. The first kappa shape index (κ1) is 16.7. The third-order valence-corrected chi connectivity index (χ3v) is 4.95. The SMILES string of the molecule is Cn1c(N2CCOCC2)nc2cc(C(=O)Nc3nnc4ccccn34)ccc21. The highest BCUT2D eigenvalue weighted by atomic mass is 16.5. The van der Waals surface area contributed by atoms with E-state index < -0.39 is 0 Å². The maximum Gasteiger partial charge on any atom is 0.258 e. The zero-order chi connectivity index (χ0) is 19.1. The molecule has 142 valence electrons. The molecule has 0 spiro atoms. The summed E-state index contributed by atoms with van der Waals surface area (Å²) in [6.07, 6.45) is 1.81. The number of ether oxygens (including phenoxy) is 1. The minimum Gasteiger partial charge on any atom is -0.378 e. The number of hydrogen-bond donors (Lipinski definition) is 1. The maximum atomic E-state index is 12.7. The van der Waals surface area contributed by atoms with Crippen LogP contribution in [0.25, 0.3) is 16.7 Å². The van der Waals surface area contributed by atoms with Crippen molar-refractivity contribution in [3.8, 4) is 0 Å². The Morgan fingerprint density at radius 2 is 2.00 bits per heavy atom. The van der Waals surface area contributed by atoms with Gasteiger partial charge in [0.1, 0.15) is 0 Å². The smallest absolute Gasteiger partial charge is 0.258 e. The Morgan fingerprint density at radius 3 is 2.86 bits per heavy atom. The topological polar surface area (TPSA) is 89.6 Å². The van der Waals surface area contributed by atoms with Gasteiger partial charge in [-0.2, -0.15) is 0 Å². The van der Waals surface area contributed by atoms with E-state index in [1.165, 1.54) is 0 Å². The average Bonchev–Trinajstić information content (AvgIpc) is 3.29. The maximum absolute atomic E-state index is 12.7. The molecule has 1 aromatic carbocycles. The molecule has 9 nitrogen and oxygen atoms in total. The van der Waals surface area contributed by atoms with E-state index in [1.807, 2.05) is 42.1 Å². The number of aryl methyl sites for hydroxylation is 1. The van der Waals surface area contributed by atoms with Crippen molar-refractivity contribution in [2.24, 2.45) is 7.05 Å². The van der Waals surface area contributed by atoms with Gasteiger partial charge in [-0.1, -0.05) is 6.07 Å². The number of nitrogens with zero attached hydrogens (tertiary/aromatic N) is 6. The van der Waals surface area contributed by atoms with Gasteiger partial charge < -0.3 is 14.2 Å². The molecule has 1 fully saturated rings. The monoisotopic (exact) mass is 377 g/mol. The Hall–Kier alpha value is -3.46. The van der Waals surface area contributed by atoms with Gasteiger partial charge >= 0.3 is 0 Å².